The quantitative estimate of drug-likeness (QED) is 0.562. The fraction of sp³-hybridized carbons (Fsp3) is 0.300. The summed E-state index contributed by atoms with van der Waals surface area (Å²) in [5, 5.41) is 9.22. The number of phenols is 1. The molecule has 3 heteroatoms. The Hall–Kier alpha value is -0.960. The maximum atomic E-state index is 9.22. The summed E-state index contributed by atoms with van der Waals surface area (Å²) in [5.41, 5.74) is 1.90. The largest absolute Gasteiger partial charge is 0.508 e. The van der Waals surface area contributed by atoms with Crippen LogP contribution in [0, 0.1) is 0 Å². The molecule has 0 spiro atoms. The van der Waals surface area contributed by atoms with Crippen LogP contribution in [0.1, 0.15) is 12.5 Å². The molecular formula is C10H13NOS. The molecule has 1 aromatic carbocycles. The van der Waals surface area contributed by atoms with E-state index in [1.165, 1.54) is 0 Å². The normalized spacial score (nSPS) is 11.7. The summed E-state index contributed by atoms with van der Waals surface area (Å²) in [7, 11) is 0. The molecule has 1 rings (SSSR count). The highest BCUT2D eigenvalue weighted by atomic mass is 32.1. The summed E-state index contributed by atoms with van der Waals surface area (Å²) in [4.78, 5) is 4.28. The van der Waals surface area contributed by atoms with E-state index in [2.05, 4.69) is 17.6 Å². The summed E-state index contributed by atoms with van der Waals surface area (Å²) >= 11 is 4.07. The minimum absolute atomic E-state index is 0.276. The van der Waals surface area contributed by atoms with Crippen LogP contribution in [0.3, 0.4) is 0 Å². The third-order valence-electron chi connectivity index (χ3n) is 1.71. The van der Waals surface area contributed by atoms with E-state index < -0.39 is 0 Å². The van der Waals surface area contributed by atoms with E-state index in [1.54, 1.807) is 12.1 Å². The van der Waals surface area contributed by atoms with Gasteiger partial charge in [0.2, 0.25) is 0 Å². The van der Waals surface area contributed by atoms with Gasteiger partial charge in [0, 0.05) is 18.0 Å². The molecule has 0 aliphatic rings. The van der Waals surface area contributed by atoms with Crippen LogP contribution in [0.4, 0.5) is 0 Å². The molecule has 0 saturated heterocycles. The van der Waals surface area contributed by atoms with Crippen LogP contribution in [-0.2, 0) is 0 Å². The highest BCUT2D eigenvalue weighted by Crippen LogP contribution is 2.11. The van der Waals surface area contributed by atoms with E-state index in [4.69, 9.17) is 0 Å². The minimum Gasteiger partial charge on any atom is -0.508 e. The van der Waals surface area contributed by atoms with Gasteiger partial charge in [0.15, 0.2) is 0 Å². The highest BCUT2D eigenvalue weighted by molar-refractivity contribution is 7.80. The zero-order valence-corrected chi connectivity index (χ0v) is 8.46. The lowest BCUT2D eigenvalue weighted by atomic mass is 10.1. The molecule has 70 valence electrons. The maximum Gasteiger partial charge on any atom is 0.116 e. The molecule has 2 nitrogen and oxygen atoms in total. The number of benzene rings is 1. The van der Waals surface area contributed by atoms with E-state index in [0.29, 0.717) is 6.54 Å². The van der Waals surface area contributed by atoms with E-state index in [0.717, 1.165) is 17.0 Å². The number of aromatic hydroxyl groups is 1. The van der Waals surface area contributed by atoms with Crippen LogP contribution in [0.15, 0.2) is 29.3 Å². The molecule has 0 atom stereocenters. The van der Waals surface area contributed by atoms with Gasteiger partial charge in [0.1, 0.15) is 5.75 Å². The van der Waals surface area contributed by atoms with Crippen molar-refractivity contribution in [1.29, 1.82) is 0 Å². The molecular weight excluding hydrogens is 182 g/mol. The Balaban J connectivity index is 2.82. The van der Waals surface area contributed by atoms with Gasteiger partial charge >= 0.3 is 0 Å². The Labute approximate surface area is 83.7 Å². The molecule has 0 unspecified atom stereocenters. The van der Waals surface area contributed by atoms with Crippen molar-refractivity contribution in [3.05, 3.63) is 29.8 Å². The Morgan fingerprint density at radius 1 is 1.54 bits per heavy atom. The lowest BCUT2D eigenvalue weighted by Crippen LogP contribution is -1.96. The van der Waals surface area contributed by atoms with Gasteiger partial charge < -0.3 is 5.11 Å². The lowest BCUT2D eigenvalue weighted by molar-refractivity contribution is 0.475. The molecule has 1 N–H and O–H groups in total. The Morgan fingerprint density at radius 2 is 2.31 bits per heavy atom. The van der Waals surface area contributed by atoms with Crippen molar-refractivity contribution in [1.82, 2.24) is 0 Å². The fourth-order valence-corrected chi connectivity index (χ4v) is 1.14. The molecule has 0 bridgehead atoms. The topological polar surface area (TPSA) is 32.6 Å². The van der Waals surface area contributed by atoms with Crippen LogP contribution in [-0.4, -0.2) is 23.1 Å². The van der Waals surface area contributed by atoms with E-state index in [1.807, 2.05) is 19.1 Å². The third-order valence-corrected chi connectivity index (χ3v) is 1.91. The molecule has 0 amide bonds. The van der Waals surface area contributed by atoms with Gasteiger partial charge in [-0.2, -0.15) is 12.6 Å². The Morgan fingerprint density at radius 3 is 2.92 bits per heavy atom. The average Bonchev–Trinajstić information content (AvgIpc) is 2.14. The Bertz CT molecular complexity index is 310. The van der Waals surface area contributed by atoms with Crippen molar-refractivity contribution in [2.24, 2.45) is 4.99 Å². The molecule has 0 radical (unpaired) electrons. The van der Waals surface area contributed by atoms with Gasteiger partial charge in [-0.3, -0.25) is 4.99 Å². The molecule has 0 aliphatic heterocycles. The predicted molar refractivity (Wildman–Crippen MR) is 59.0 cm³/mol. The zero-order valence-electron chi connectivity index (χ0n) is 7.57. The van der Waals surface area contributed by atoms with E-state index in [9.17, 15) is 5.11 Å². The van der Waals surface area contributed by atoms with Crippen LogP contribution >= 0.6 is 12.6 Å². The number of nitrogens with zero attached hydrogens (tertiary/aromatic N) is 1. The van der Waals surface area contributed by atoms with Crippen LogP contribution in [0.25, 0.3) is 0 Å². The second-order valence-electron chi connectivity index (χ2n) is 2.74. The summed E-state index contributed by atoms with van der Waals surface area (Å²) in [6.45, 7) is 2.64. The highest BCUT2D eigenvalue weighted by Gasteiger charge is 1.96. The number of phenolic OH excluding ortho intramolecular Hbond substituents is 1. The second kappa shape index (κ2) is 4.92. The van der Waals surface area contributed by atoms with Gasteiger partial charge in [-0.1, -0.05) is 12.1 Å². The van der Waals surface area contributed by atoms with Crippen LogP contribution in [0.5, 0.6) is 5.75 Å². The van der Waals surface area contributed by atoms with Crippen LogP contribution in [0.2, 0.25) is 0 Å². The molecule has 0 saturated carbocycles. The number of rotatable bonds is 3. The number of thiol groups is 1. The fourth-order valence-electron chi connectivity index (χ4n) is 1.04. The molecule has 1 aromatic rings. The van der Waals surface area contributed by atoms with Gasteiger partial charge in [-0.05, 0) is 24.6 Å². The maximum absolute atomic E-state index is 9.22. The summed E-state index contributed by atoms with van der Waals surface area (Å²) in [6, 6.07) is 7.09. The van der Waals surface area contributed by atoms with Gasteiger partial charge in [0.25, 0.3) is 0 Å². The average molecular weight is 195 g/mol. The minimum atomic E-state index is 0.276. The first-order valence-electron chi connectivity index (χ1n) is 4.15. The lowest BCUT2D eigenvalue weighted by Gasteiger charge is -2.00. The van der Waals surface area contributed by atoms with Crippen molar-refractivity contribution in [3.63, 3.8) is 0 Å². The first kappa shape index (κ1) is 10.1. The number of hydrogen-bond acceptors (Lipinski definition) is 3. The zero-order chi connectivity index (χ0) is 9.68. The Kier molecular flexibility index (Phi) is 3.83. The monoisotopic (exact) mass is 195 g/mol. The molecule has 0 aliphatic carbocycles. The molecule has 0 fully saturated rings. The van der Waals surface area contributed by atoms with Gasteiger partial charge in [0.05, 0.1) is 0 Å². The molecule has 0 heterocycles. The van der Waals surface area contributed by atoms with Gasteiger partial charge in [-0.15, -0.1) is 0 Å². The summed E-state index contributed by atoms with van der Waals surface area (Å²) in [5.74, 6) is 1.02. The van der Waals surface area contributed by atoms with Crippen molar-refractivity contribution < 1.29 is 5.11 Å². The van der Waals surface area contributed by atoms with Crippen molar-refractivity contribution in [3.8, 4) is 5.75 Å². The predicted octanol–water partition coefficient (Wildman–Crippen LogP) is 2.13. The SMILES string of the molecule is CC(=NCCS)c1cccc(O)c1. The van der Waals surface area contributed by atoms with E-state index in [-0.39, 0.29) is 5.75 Å². The van der Waals surface area contributed by atoms with Gasteiger partial charge in [-0.25, -0.2) is 0 Å². The molecule has 13 heavy (non-hydrogen) atoms. The van der Waals surface area contributed by atoms with E-state index >= 15 is 0 Å². The summed E-state index contributed by atoms with van der Waals surface area (Å²) < 4.78 is 0. The second-order valence-corrected chi connectivity index (χ2v) is 3.19. The summed E-state index contributed by atoms with van der Waals surface area (Å²) in [6.07, 6.45) is 0. The van der Waals surface area contributed by atoms with Crippen molar-refractivity contribution in [2.75, 3.05) is 12.3 Å². The number of hydrogen-bond donors (Lipinski definition) is 2. The number of aliphatic imine (C=N–C) groups is 1. The first-order chi connectivity index (χ1) is 6.24. The van der Waals surface area contributed by atoms with Crippen molar-refractivity contribution >= 4 is 18.3 Å². The molecule has 0 aromatic heterocycles. The first-order valence-corrected chi connectivity index (χ1v) is 4.78. The van der Waals surface area contributed by atoms with Crippen molar-refractivity contribution in [2.45, 2.75) is 6.92 Å². The standard InChI is InChI=1S/C10H13NOS/c1-8(11-5-6-13)9-3-2-4-10(12)7-9/h2-4,7,12-13H,5-6H2,1H3. The third kappa shape index (κ3) is 3.11. The van der Waals surface area contributed by atoms with Crippen LogP contribution < -0.4 is 0 Å². The smallest absolute Gasteiger partial charge is 0.116 e.